The first-order chi connectivity index (χ1) is 13.1. The first-order valence-corrected chi connectivity index (χ1v) is 8.65. The molecule has 5 nitrogen and oxygen atoms in total. The maximum Gasteiger partial charge on any atom is 0.247 e. The van der Waals surface area contributed by atoms with Gasteiger partial charge in [-0.05, 0) is 65.2 Å². The van der Waals surface area contributed by atoms with Crippen molar-refractivity contribution in [3.05, 3.63) is 71.8 Å². The molecule has 0 aliphatic rings. The predicted octanol–water partition coefficient (Wildman–Crippen LogP) is 4.11. The van der Waals surface area contributed by atoms with E-state index in [0.717, 1.165) is 33.4 Å². The molecule has 0 aliphatic carbocycles. The van der Waals surface area contributed by atoms with Gasteiger partial charge in [0.2, 0.25) is 5.91 Å². The normalized spacial score (nSPS) is 12.1. The van der Waals surface area contributed by atoms with E-state index in [1.54, 1.807) is 20.4 Å². The molecule has 3 rings (SSSR count). The molecule has 1 amide bonds. The van der Waals surface area contributed by atoms with E-state index in [2.05, 4.69) is 10.5 Å². The average Bonchev–Trinajstić information content (AvgIpc) is 2.72. The fourth-order valence-corrected chi connectivity index (χ4v) is 2.75. The van der Waals surface area contributed by atoms with Crippen LogP contribution < -0.4 is 14.9 Å². The Morgan fingerprint density at radius 2 is 1.56 bits per heavy atom. The predicted molar refractivity (Wildman–Crippen MR) is 108 cm³/mol. The second-order valence-corrected chi connectivity index (χ2v) is 6.20. The number of hydrogen-bond donors (Lipinski definition) is 1. The lowest BCUT2D eigenvalue weighted by Gasteiger charge is -2.11. The minimum absolute atomic E-state index is 0.160. The molecule has 0 bridgehead atoms. The second-order valence-electron chi connectivity index (χ2n) is 6.20. The van der Waals surface area contributed by atoms with Gasteiger partial charge in [-0.1, -0.05) is 24.3 Å². The zero-order chi connectivity index (χ0) is 19.2. The number of nitrogens with zero attached hydrogens (tertiary/aromatic N) is 1. The third-order valence-electron chi connectivity index (χ3n) is 4.47. The van der Waals surface area contributed by atoms with E-state index in [1.165, 1.54) is 0 Å². The van der Waals surface area contributed by atoms with Gasteiger partial charge in [-0.15, -0.1) is 0 Å². The van der Waals surface area contributed by atoms with Crippen LogP contribution in [0.25, 0.3) is 10.8 Å². The molecule has 0 heterocycles. The summed E-state index contributed by atoms with van der Waals surface area (Å²) < 4.78 is 10.4. The van der Waals surface area contributed by atoms with Gasteiger partial charge in [0, 0.05) is 0 Å². The Morgan fingerprint density at radius 1 is 0.926 bits per heavy atom. The van der Waals surface area contributed by atoms with Crippen molar-refractivity contribution >= 4 is 22.9 Å². The summed E-state index contributed by atoms with van der Waals surface area (Å²) in [6, 6.07) is 19.3. The van der Waals surface area contributed by atoms with Crippen molar-refractivity contribution in [3.8, 4) is 11.5 Å². The van der Waals surface area contributed by atoms with E-state index < -0.39 is 0 Å². The fraction of sp³-hybridized carbons (Fsp3) is 0.182. The number of benzene rings is 3. The molecule has 0 aromatic heterocycles. The highest BCUT2D eigenvalue weighted by atomic mass is 16.5. The standard InChI is InChI=1S/C22H22N2O3/c1-15(17-6-7-19-13-21(27-3)11-8-18(19)12-17)22(25)24-23-14-16-4-9-20(26-2)10-5-16/h4-15H,1-3H3,(H,24,25)/b23-14+. The molecule has 1 atom stereocenters. The number of nitrogens with one attached hydrogen (secondary N) is 1. The maximum atomic E-state index is 12.4. The van der Waals surface area contributed by atoms with E-state index in [4.69, 9.17) is 9.47 Å². The summed E-state index contributed by atoms with van der Waals surface area (Å²) in [5.74, 6) is 1.12. The van der Waals surface area contributed by atoms with Crippen LogP contribution in [0.3, 0.4) is 0 Å². The van der Waals surface area contributed by atoms with Gasteiger partial charge in [0.05, 0.1) is 26.4 Å². The Morgan fingerprint density at radius 3 is 2.26 bits per heavy atom. The number of carbonyl (C=O) groups is 1. The number of carbonyl (C=O) groups excluding carboxylic acids is 1. The quantitative estimate of drug-likeness (QED) is 0.530. The monoisotopic (exact) mass is 362 g/mol. The Balaban J connectivity index is 1.67. The maximum absolute atomic E-state index is 12.4. The van der Waals surface area contributed by atoms with Crippen LogP contribution in [0.4, 0.5) is 0 Å². The van der Waals surface area contributed by atoms with Crippen LogP contribution in [-0.4, -0.2) is 26.3 Å². The molecule has 5 heteroatoms. The molecule has 0 aliphatic heterocycles. The molecular formula is C22H22N2O3. The van der Waals surface area contributed by atoms with E-state index in [0.29, 0.717) is 0 Å². The summed E-state index contributed by atoms with van der Waals surface area (Å²) in [6.07, 6.45) is 1.61. The van der Waals surface area contributed by atoms with Crippen molar-refractivity contribution in [1.82, 2.24) is 5.43 Å². The van der Waals surface area contributed by atoms with E-state index in [1.807, 2.05) is 67.6 Å². The van der Waals surface area contributed by atoms with Crippen LogP contribution in [0.5, 0.6) is 11.5 Å². The molecule has 27 heavy (non-hydrogen) atoms. The highest BCUT2D eigenvalue weighted by Crippen LogP contribution is 2.25. The van der Waals surface area contributed by atoms with Gasteiger partial charge in [-0.25, -0.2) is 5.43 Å². The summed E-state index contributed by atoms with van der Waals surface area (Å²) in [7, 11) is 3.27. The number of hydrazone groups is 1. The van der Waals surface area contributed by atoms with Gasteiger partial charge >= 0.3 is 0 Å². The summed E-state index contributed by atoms with van der Waals surface area (Å²) in [5, 5.41) is 6.18. The van der Waals surface area contributed by atoms with E-state index >= 15 is 0 Å². The Labute approximate surface area is 158 Å². The lowest BCUT2D eigenvalue weighted by atomic mass is 9.97. The van der Waals surface area contributed by atoms with Crippen molar-refractivity contribution in [2.24, 2.45) is 5.10 Å². The third kappa shape index (κ3) is 4.44. The van der Waals surface area contributed by atoms with Gasteiger partial charge in [0.1, 0.15) is 11.5 Å². The zero-order valence-electron chi connectivity index (χ0n) is 15.6. The molecule has 0 saturated carbocycles. The van der Waals surface area contributed by atoms with Crippen LogP contribution in [0.2, 0.25) is 0 Å². The third-order valence-corrected chi connectivity index (χ3v) is 4.47. The van der Waals surface area contributed by atoms with Crippen molar-refractivity contribution in [1.29, 1.82) is 0 Å². The first kappa shape index (κ1) is 18.5. The lowest BCUT2D eigenvalue weighted by Crippen LogP contribution is -2.23. The molecule has 3 aromatic carbocycles. The van der Waals surface area contributed by atoms with Crippen molar-refractivity contribution in [2.75, 3.05) is 14.2 Å². The van der Waals surface area contributed by atoms with Crippen LogP contribution in [0.15, 0.2) is 65.8 Å². The van der Waals surface area contributed by atoms with Gasteiger partial charge in [-0.2, -0.15) is 5.10 Å². The average molecular weight is 362 g/mol. The second kappa shape index (κ2) is 8.36. The SMILES string of the molecule is COc1ccc(/C=N/NC(=O)C(C)c2ccc3cc(OC)ccc3c2)cc1. The Hall–Kier alpha value is -3.34. The zero-order valence-corrected chi connectivity index (χ0v) is 15.6. The van der Waals surface area contributed by atoms with Gasteiger partial charge < -0.3 is 9.47 Å². The minimum Gasteiger partial charge on any atom is -0.497 e. The van der Waals surface area contributed by atoms with Crippen molar-refractivity contribution in [3.63, 3.8) is 0 Å². The molecule has 3 aromatic rings. The number of hydrogen-bond acceptors (Lipinski definition) is 4. The van der Waals surface area contributed by atoms with Crippen molar-refractivity contribution in [2.45, 2.75) is 12.8 Å². The van der Waals surface area contributed by atoms with Gasteiger partial charge in [0.15, 0.2) is 0 Å². The Bertz CT molecular complexity index is 965. The van der Waals surface area contributed by atoms with Crippen LogP contribution >= 0.6 is 0 Å². The molecule has 138 valence electrons. The molecular weight excluding hydrogens is 340 g/mol. The van der Waals surface area contributed by atoms with E-state index in [9.17, 15) is 4.79 Å². The number of amides is 1. The summed E-state index contributed by atoms with van der Waals surface area (Å²) >= 11 is 0. The minimum atomic E-state index is -0.315. The number of methoxy groups -OCH3 is 2. The molecule has 0 spiro atoms. The van der Waals surface area contributed by atoms with Crippen LogP contribution in [0.1, 0.15) is 24.0 Å². The highest BCUT2D eigenvalue weighted by Gasteiger charge is 2.15. The lowest BCUT2D eigenvalue weighted by molar-refractivity contribution is -0.122. The van der Waals surface area contributed by atoms with E-state index in [-0.39, 0.29) is 11.8 Å². The first-order valence-electron chi connectivity index (χ1n) is 8.65. The van der Waals surface area contributed by atoms with Crippen LogP contribution in [-0.2, 0) is 4.79 Å². The summed E-state index contributed by atoms with van der Waals surface area (Å²) in [6.45, 7) is 1.86. The molecule has 0 saturated heterocycles. The van der Waals surface area contributed by atoms with Gasteiger partial charge in [-0.3, -0.25) is 4.79 Å². The molecule has 1 N–H and O–H groups in total. The van der Waals surface area contributed by atoms with Gasteiger partial charge in [0.25, 0.3) is 0 Å². The topological polar surface area (TPSA) is 59.9 Å². The number of rotatable bonds is 6. The smallest absolute Gasteiger partial charge is 0.247 e. The Kier molecular flexibility index (Phi) is 5.71. The van der Waals surface area contributed by atoms with Crippen molar-refractivity contribution < 1.29 is 14.3 Å². The summed E-state index contributed by atoms with van der Waals surface area (Å²) in [5.41, 5.74) is 4.42. The largest absolute Gasteiger partial charge is 0.497 e. The number of ether oxygens (including phenoxy) is 2. The fourth-order valence-electron chi connectivity index (χ4n) is 2.75. The number of fused-ring (bicyclic) bond motifs is 1. The van der Waals surface area contributed by atoms with Crippen LogP contribution in [0, 0.1) is 0 Å². The molecule has 0 fully saturated rings. The molecule has 1 unspecified atom stereocenters. The highest BCUT2D eigenvalue weighted by molar-refractivity contribution is 5.89. The molecule has 0 radical (unpaired) electrons. The summed E-state index contributed by atoms with van der Waals surface area (Å²) in [4.78, 5) is 12.4.